The van der Waals surface area contributed by atoms with Gasteiger partial charge in [0.2, 0.25) is 0 Å². The fourth-order valence-electron chi connectivity index (χ4n) is 3.55. The fraction of sp³-hybridized carbons (Fsp3) is 0.111. The van der Waals surface area contributed by atoms with Crippen LogP contribution in [0.15, 0.2) is 92.7 Å². The summed E-state index contributed by atoms with van der Waals surface area (Å²) in [4.78, 5) is 8.80. The van der Waals surface area contributed by atoms with Crippen LogP contribution in [0.5, 0.6) is 0 Å². The Labute approximate surface area is 134 Å². The summed E-state index contributed by atoms with van der Waals surface area (Å²) < 4.78 is 6.26. The molecule has 2 aliphatic carbocycles. The van der Waals surface area contributed by atoms with Gasteiger partial charge in [-0.1, -0.05) is 18.7 Å². The highest BCUT2D eigenvalue weighted by Crippen LogP contribution is 2.59. The number of ether oxygens (including phenoxy) is 1. The molecule has 0 fully saturated rings. The lowest BCUT2D eigenvalue weighted by Gasteiger charge is -2.33. The summed E-state index contributed by atoms with van der Waals surface area (Å²) in [6.07, 6.45) is 17.0. The summed E-state index contributed by atoms with van der Waals surface area (Å²) in [7, 11) is 0. The molecule has 1 atom stereocenters. The van der Waals surface area contributed by atoms with Crippen LogP contribution in [0, 0.1) is 5.41 Å². The molecular formula is C18H13ClN2O. The molecule has 0 aromatic heterocycles. The number of halogens is 1. The van der Waals surface area contributed by atoms with Crippen molar-refractivity contribution in [1.29, 1.82) is 0 Å². The van der Waals surface area contributed by atoms with Gasteiger partial charge in [-0.25, -0.2) is 0 Å². The quantitative estimate of drug-likeness (QED) is 0.667. The Morgan fingerprint density at radius 3 is 3.14 bits per heavy atom. The standard InChI is InChI=1S/C18H12N2O.ClH/c1-11-3-2-4-14-16(11)21-17-15-12(5-7-20-15)9-13-10-19-8-6-18(13,14)17;/h2,4-10H,1,3H2;1H. The number of nitrogens with zero attached hydrogens (tertiary/aromatic N) is 2. The third-order valence-electron chi connectivity index (χ3n) is 4.54. The van der Waals surface area contributed by atoms with E-state index in [-0.39, 0.29) is 17.8 Å². The zero-order valence-electron chi connectivity index (χ0n) is 11.7. The number of allylic oxidation sites excluding steroid dienone is 6. The number of aliphatic imine (C=N–C) groups is 2. The molecule has 108 valence electrons. The van der Waals surface area contributed by atoms with E-state index in [0.717, 1.165) is 45.9 Å². The van der Waals surface area contributed by atoms with Crippen molar-refractivity contribution >= 4 is 24.8 Å². The molecule has 1 unspecified atom stereocenters. The van der Waals surface area contributed by atoms with E-state index in [0.29, 0.717) is 0 Å². The second kappa shape index (κ2) is 4.31. The van der Waals surface area contributed by atoms with E-state index in [1.807, 2.05) is 24.7 Å². The molecule has 0 radical (unpaired) electrons. The molecular weight excluding hydrogens is 296 g/mol. The molecule has 0 saturated carbocycles. The van der Waals surface area contributed by atoms with Crippen molar-refractivity contribution in [3.8, 4) is 0 Å². The predicted octanol–water partition coefficient (Wildman–Crippen LogP) is 3.96. The summed E-state index contributed by atoms with van der Waals surface area (Å²) in [5.74, 6) is 1.79. The zero-order valence-corrected chi connectivity index (χ0v) is 12.6. The van der Waals surface area contributed by atoms with Crippen molar-refractivity contribution in [2.24, 2.45) is 15.4 Å². The molecule has 22 heavy (non-hydrogen) atoms. The van der Waals surface area contributed by atoms with Crippen LogP contribution in [-0.4, -0.2) is 12.4 Å². The van der Waals surface area contributed by atoms with Crippen molar-refractivity contribution in [2.75, 3.05) is 0 Å². The summed E-state index contributed by atoms with van der Waals surface area (Å²) in [5.41, 5.74) is 4.93. The first kappa shape index (κ1) is 13.3. The molecule has 5 aliphatic rings. The Kier molecular flexibility index (Phi) is 2.60. The first-order chi connectivity index (χ1) is 10.3. The van der Waals surface area contributed by atoms with Gasteiger partial charge in [0, 0.05) is 29.8 Å². The minimum Gasteiger partial charge on any atom is -0.457 e. The molecule has 4 heteroatoms. The Hall–Kier alpha value is -2.39. The normalized spacial score (nSPS) is 29.4. The monoisotopic (exact) mass is 308 g/mol. The van der Waals surface area contributed by atoms with Crippen LogP contribution >= 0.6 is 12.4 Å². The molecule has 5 rings (SSSR count). The van der Waals surface area contributed by atoms with Gasteiger partial charge in [0.15, 0.2) is 0 Å². The number of hydrogen-bond acceptors (Lipinski definition) is 3. The molecule has 1 spiro atoms. The molecule has 0 saturated heterocycles. The number of rotatable bonds is 0. The maximum absolute atomic E-state index is 6.26. The topological polar surface area (TPSA) is 34.0 Å². The third kappa shape index (κ3) is 1.37. The molecule has 3 heterocycles. The van der Waals surface area contributed by atoms with Crippen LogP contribution in [0.2, 0.25) is 0 Å². The minimum atomic E-state index is -0.384. The smallest absolute Gasteiger partial charge is 0.149 e. The highest BCUT2D eigenvalue weighted by molar-refractivity contribution is 5.93. The van der Waals surface area contributed by atoms with Gasteiger partial charge in [-0.2, -0.15) is 0 Å². The van der Waals surface area contributed by atoms with Crippen LogP contribution in [-0.2, 0) is 4.74 Å². The van der Waals surface area contributed by atoms with Crippen molar-refractivity contribution in [3.05, 3.63) is 82.7 Å². The van der Waals surface area contributed by atoms with E-state index >= 15 is 0 Å². The van der Waals surface area contributed by atoms with Gasteiger partial charge in [0.1, 0.15) is 22.6 Å². The minimum absolute atomic E-state index is 0. The molecule has 0 aromatic carbocycles. The molecule has 3 nitrogen and oxygen atoms in total. The first-order valence-corrected chi connectivity index (χ1v) is 7.00. The van der Waals surface area contributed by atoms with E-state index in [1.165, 1.54) is 0 Å². The summed E-state index contributed by atoms with van der Waals surface area (Å²) in [5, 5.41) is 0. The van der Waals surface area contributed by atoms with Gasteiger partial charge in [0.05, 0.1) is 0 Å². The van der Waals surface area contributed by atoms with E-state index < -0.39 is 0 Å². The van der Waals surface area contributed by atoms with Gasteiger partial charge in [-0.15, -0.1) is 12.4 Å². The summed E-state index contributed by atoms with van der Waals surface area (Å²) in [6, 6.07) is 0. The molecule has 3 aliphatic heterocycles. The average molecular weight is 309 g/mol. The highest BCUT2D eigenvalue weighted by Gasteiger charge is 2.52. The second-order valence-corrected chi connectivity index (χ2v) is 5.63. The van der Waals surface area contributed by atoms with Crippen molar-refractivity contribution in [2.45, 2.75) is 6.42 Å². The van der Waals surface area contributed by atoms with E-state index in [9.17, 15) is 0 Å². The van der Waals surface area contributed by atoms with Gasteiger partial charge >= 0.3 is 0 Å². The van der Waals surface area contributed by atoms with Crippen molar-refractivity contribution in [1.82, 2.24) is 0 Å². The Bertz CT molecular complexity index is 862. The Balaban J connectivity index is 0.00000125. The maximum Gasteiger partial charge on any atom is 0.149 e. The SMILES string of the molecule is C=C1CC=CC2=C1OC1=C3N=CC=C3C=C3C=NC=CC321.Cl. The maximum atomic E-state index is 6.26. The van der Waals surface area contributed by atoms with Gasteiger partial charge in [-0.05, 0) is 35.8 Å². The highest BCUT2D eigenvalue weighted by atomic mass is 35.5. The second-order valence-electron chi connectivity index (χ2n) is 5.63. The predicted molar refractivity (Wildman–Crippen MR) is 90.0 cm³/mol. The third-order valence-corrected chi connectivity index (χ3v) is 4.54. The van der Waals surface area contributed by atoms with E-state index in [2.05, 4.69) is 40.9 Å². The van der Waals surface area contributed by atoms with Crippen LogP contribution in [0.25, 0.3) is 0 Å². The van der Waals surface area contributed by atoms with Crippen LogP contribution < -0.4 is 0 Å². The van der Waals surface area contributed by atoms with Crippen LogP contribution in [0.3, 0.4) is 0 Å². The Morgan fingerprint density at radius 1 is 1.32 bits per heavy atom. The number of hydrogen-bond donors (Lipinski definition) is 0. The molecule has 0 bridgehead atoms. The van der Waals surface area contributed by atoms with Crippen molar-refractivity contribution < 1.29 is 4.74 Å². The van der Waals surface area contributed by atoms with E-state index in [1.54, 1.807) is 0 Å². The van der Waals surface area contributed by atoms with Gasteiger partial charge in [0.25, 0.3) is 0 Å². The lowest BCUT2D eigenvalue weighted by atomic mass is 9.67. The summed E-state index contributed by atoms with van der Waals surface area (Å²) >= 11 is 0. The lowest BCUT2D eigenvalue weighted by molar-refractivity contribution is 0.296. The average Bonchev–Trinajstić information content (AvgIpc) is 3.07. The number of fused-ring (bicyclic) bond motifs is 1. The largest absolute Gasteiger partial charge is 0.457 e. The zero-order chi connectivity index (χ0) is 14.0. The van der Waals surface area contributed by atoms with Gasteiger partial charge in [-0.3, -0.25) is 9.98 Å². The van der Waals surface area contributed by atoms with Gasteiger partial charge < -0.3 is 4.74 Å². The Morgan fingerprint density at radius 2 is 2.23 bits per heavy atom. The van der Waals surface area contributed by atoms with Crippen LogP contribution in [0.1, 0.15) is 6.42 Å². The van der Waals surface area contributed by atoms with Crippen molar-refractivity contribution in [3.63, 3.8) is 0 Å². The molecule has 0 N–H and O–H groups in total. The summed E-state index contributed by atoms with van der Waals surface area (Å²) in [6.45, 7) is 4.15. The van der Waals surface area contributed by atoms with Crippen LogP contribution in [0.4, 0.5) is 0 Å². The fourth-order valence-corrected chi connectivity index (χ4v) is 3.55. The first-order valence-electron chi connectivity index (χ1n) is 7.00. The molecule has 0 amide bonds. The lowest BCUT2D eigenvalue weighted by Crippen LogP contribution is -2.29. The molecule has 0 aromatic rings. The van der Waals surface area contributed by atoms with E-state index in [4.69, 9.17) is 4.74 Å².